The third-order valence-corrected chi connectivity index (χ3v) is 5.59. The van der Waals surface area contributed by atoms with Gasteiger partial charge in [-0.05, 0) is 116 Å². The molecular formula is C20H24. The molecule has 1 aliphatic rings. The van der Waals surface area contributed by atoms with Crippen LogP contribution in [0.3, 0.4) is 0 Å². The molecule has 0 bridgehead atoms. The number of benzene rings is 2. The minimum absolute atomic E-state index is 1.12. The zero-order valence-corrected chi connectivity index (χ0v) is 13.8. The van der Waals surface area contributed by atoms with Gasteiger partial charge in [0.2, 0.25) is 0 Å². The molecule has 0 aliphatic heterocycles. The fourth-order valence-electron chi connectivity index (χ4n) is 3.86. The molecule has 0 saturated carbocycles. The Hall–Kier alpha value is -1.56. The van der Waals surface area contributed by atoms with E-state index in [2.05, 4.69) is 54.5 Å². The Morgan fingerprint density at radius 3 is 1.75 bits per heavy atom. The van der Waals surface area contributed by atoms with E-state index in [1.807, 2.05) is 0 Å². The fourth-order valence-corrected chi connectivity index (χ4v) is 3.86. The molecule has 0 amide bonds. The van der Waals surface area contributed by atoms with Crippen LogP contribution in [0.2, 0.25) is 0 Å². The van der Waals surface area contributed by atoms with Crippen LogP contribution in [0, 0.1) is 48.5 Å². The van der Waals surface area contributed by atoms with Gasteiger partial charge < -0.3 is 0 Å². The number of hydrogen-bond donors (Lipinski definition) is 0. The summed E-state index contributed by atoms with van der Waals surface area (Å²) in [6, 6.07) is 2.35. The summed E-state index contributed by atoms with van der Waals surface area (Å²) in [5, 5.41) is 0. The Bertz CT molecular complexity index is 746. The normalized spacial score (nSPS) is 12.6. The van der Waals surface area contributed by atoms with E-state index in [0.717, 1.165) is 6.42 Å². The third kappa shape index (κ3) is 1.54. The van der Waals surface area contributed by atoms with Crippen molar-refractivity contribution in [3.8, 4) is 11.1 Å². The number of aryl methyl sites for hydroxylation is 2. The molecule has 104 valence electrons. The highest BCUT2D eigenvalue weighted by molar-refractivity contribution is 5.85. The summed E-state index contributed by atoms with van der Waals surface area (Å²) in [4.78, 5) is 0. The summed E-state index contributed by atoms with van der Waals surface area (Å²) in [5.41, 5.74) is 16.4. The van der Waals surface area contributed by atoms with Crippen LogP contribution >= 0.6 is 0 Å². The van der Waals surface area contributed by atoms with Crippen molar-refractivity contribution in [1.29, 1.82) is 0 Å². The number of fused-ring (bicyclic) bond motifs is 3. The molecule has 0 spiro atoms. The van der Waals surface area contributed by atoms with Gasteiger partial charge in [0, 0.05) is 0 Å². The van der Waals surface area contributed by atoms with Gasteiger partial charge in [0.25, 0.3) is 0 Å². The van der Waals surface area contributed by atoms with Gasteiger partial charge in [-0.3, -0.25) is 0 Å². The molecular weight excluding hydrogens is 240 g/mol. The lowest BCUT2D eigenvalue weighted by molar-refractivity contribution is 1.13. The van der Waals surface area contributed by atoms with Gasteiger partial charge in [0.05, 0.1) is 0 Å². The van der Waals surface area contributed by atoms with Gasteiger partial charge in [-0.1, -0.05) is 6.07 Å². The van der Waals surface area contributed by atoms with Crippen molar-refractivity contribution in [2.24, 2.45) is 0 Å². The molecule has 2 aromatic carbocycles. The summed E-state index contributed by atoms with van der Waals surface area (Å²) in [5.74, 6) is 0. The van der Waals surface area contributed by atoms with Crippen molar-refractivity contribution < 1.29 is 0 Å². The van der Waals surface area contributed by atoms with Crippen LogP contribution < -0.4 is 0 Å². The molecule has 20 heavy (non-hydrogen) atoms. The van der Waals surface area contributed by atoms with Gasteiger partial charge in [0.15, 0.2) is 0 Å². The van der Waals surface area contributed by atoms with Crippen LogP contribution in [0.4, 0.5) is 0 Å². The van der Waals surface area contributed by atoms with Crippen LogP contribution in [0.5, 0.6) is 0 Å². The van der Waals surface area contributed by atoms with Crippen molar-refractivity contribution in [3.05, 3.63) is 56.1 Å². The second-order valence-corrected chi connectivity index (χ2v) is 6.52. The Morgan fingerprint density at radius 1 is 0.550 bits per heavy atom. The van der Waals surface area contributed by atoms with Gasteiger partial charge in [-0.15, -0.1) is 0 Å². The van der Waals surface area contributed by atoms with Crippen molar-refractivity contribution in [2.45, 2.75) is 54.9 Å². The highest BCUT2D eigenvalue weighted by Crippen LogP contribution is 2.46. The number of rotatable bonds is 0. The molecule has 0 heterocycles. The minimum Gasteiger partial charge on any atom is -0.0555 e. The molecule has 0 atom stereocenters. The standard InChI is InChI=1S/C20H24/c1-10-8-11(2)19-17(12(10)3)9-18-15(6)13(4)14(5)16(7)20(18)19/h8H,9H2,1-7H3. The highest BCUT2D eigenvalue weighted by atomic mass is 14.3. The predicted octanol–water partition coefficient (Wildman–Crippen LogP) is 5.42. The second-order valence-electron chi connectivity index (χ2n) is 6.52. The Labute approximate surface area is 122 Å². The van der Waals surface area contributed by atoms with Crippen LogP contribution in [-0.4, -0.2) is 0 Å². The Morgan fingerprint density at radius 2 is 1.10 bits per heavy atom. The molecule has 0 radical (unpaired) electrons. The summed E-state index contributed by atoms with van der Waals surface area (Å²) in [6.45, 7) is 15.9. The lowest BCUT2D eigenvalue weighted by atomic mass is 9.87. The van der Waals surface area contributed by atoms with E-state index in [1.165, 1.54) is 50.1 Å². The van der Waals surface area contributed by atoms with Gasteiger partial charge in [-0.2, -0.15) is 0 Å². The smallest absolute Gasteiger partial charge is 0.000779 e. The average molecular weight is 264 g/mol. The lowest BCUT2D eigenvalue weighted by Crippen LogP contribution is -1.98. The van der Waals surface area contributed by atoms with E-state index in [-0.39, 0.29) is 0 Å². The topological polar surface area (TPSA) is 0 Å². The van der Waals surface area contributed by atoms with E-state index >= 15 is 0 Å². The minimum atomic E-state index is 1.12. The molecule has 0 saturated heterocycles. The summed E-state index contributed by atoms with van der Waals surface area (Å²) in [6.07, 6.45) is 1.12. The Balaban J connectivity index is 2.46. The summed E-state index contributed by atoms with van der Waals surface area (Å²) in [7, 11) is 0. The van der Waals surface area contributed by atoms with E-state index in [9.17, 15) is 0 Å². The van der Waals surface area contributed by atoms with Crippen molar-refractivity contribution in [3.63, 3.8) is 0 Å². The fraction of sp³-hybridized carbons (Fsp3) is 0.400. The van der Waals surface area contributed by atoms with Crippen LogP contribution in [0.25, 0.3) is 11.1 Å². The first-order chi connectivity index (χ1) is 9.34. The maximum Gasteiger partial charge on any atom is -0.000779 e. The molecule has 0 fully saturated rings. The largest absolute Gasteiger partial charge is 0.0555 e. The molecule has 0 nitrogen and oxygen atoms in total. The zero-order valence-electron chi connectivity index (χ0n) is 13.8. The summed E-state index contributed by atoms with van der Waals surface area (Å²) < 4.78 is 0. The zero-order chi connectivity index (χ0) is 14.8. The molecule has 0 aromatic heterocycles. The van der Waals surface area contributed by atoms with Crippen LogP contribution in [0.1, 0.15) is 50.1 Å². The molecule has 0 heteroatoms. The van der Waals surface area contributed by atoms with E-state index in [1.54, 1.807) is 11.1 Å². The maximum absolute atomic E-state index is 2.35. The van der Waals surface area contributed by atoms with Crippen LogP contribution in [0.15, 0.2) is 6.07 Å². The molecule has 2 aromatic rings. The average Bonchev–Trinajstić information content (AvgIpc) is 2.81. The summed E-state index contributed by atoms with van der Waals surface area (Å²) >= 11 is 0. The molecule has 0 N–H and O–H groups in total. The van der Waals surface area contributed by atoms with Gasteiger partial charge in [-0.25, -0.2) is 0 Å². The third-order valence-electron chi connectivity index (χ3n) is 5.59. The van der Waals surface area contributed by atoms with E-state index in [4.69, 9.17) is 0 Å². The number of hydrogen-bond acceptors (Lipinski definition) is 0. The quantitative estimate of drug-likeness (QED) is 0.509. The molecule has 0 unspecified atom stereocenters. The van der Waals surface area contributed by atoms with Crippen molar-refractivity contribution >= 4 is 0 Å². The first-order valence-corrected chi connectivity index (χ1v) is 7.53. The molecule has 1 aliphatic carbocycles. The van der Waals surface area contributed by atoms with Crippen LogP contribution in [-0.2, 0) is 6.42 Å². The van der Waals surface area contributed by atoms with E-state index < -0.39 is 0 Å². The Kier molecular flexibility index (Phi) is 2.83. The highest BCUT2D eigenvalue weighted by Gasteiger charge is 2.27. The van der Waals surface area contributed by atoms with Crippen molar-refractivity contribution in [2.75, 3.05) is 0 Å². The molecule has 3 rings (SSSR count). The first kappa shape index (κ1) is 13.4. The second kappa shape index (κ2) is 4.22. The van der Waals surface area contributed by atoms with Gasteiger partial charge in [0.1, 0.15) is 0 Å². The maximum atomic E-state index is 2.35. The SMILES string of the molecule is Cc1cc(C)c2c(c1C)Cc1c(C)c(C)c(C)c(C)c1-2. The monoisotopic (exact) mass is 264 g/mol. The predicted molar refractivity (Wildman–Crippen MR) is 87.8 cm³/mol. The van der Waals surface area contributed by atoms with E-state index in [0.29, 0.717) is 0 Å². The van der Waals surface area contributed by atoms with Gasteiger partial charge >= 0.3 is 0 Å². The first-order valence-electron chi connectivity index (χ1n) is 7.53. The van der Waals surface area contributed by atoms with Crippen molar-refractivity contribution in [1.82, 2.24) is 0 Å². The lowest BCUT2D eigenvalue weighted by Gasteiger charge is -2.17.